The van der Waals surface area contributed by atoms with Gasteiger partial charge in [-0.2, -0.15) is 0 Å². The van der Waals surface area contributed by atoms with E-state index in [-0.39, 0.29) is 18.0 Å². The lowest BCUT2D eigenvalue weighted by atomic mass is 9.95. The molecule has 0 N–H and O–H groups in total. The lowest BCUT2D eigenvalue weighted by Crippen LogP contribution is -2.44. The van der Waals surface area contributed by atoms with Crippen LogP contribution >= 0.6 is 0 Å². The van der Waals surface area contributed by atoms with Crippen LogP contribution in [0.15, 0.2) is 60.7 Å². The van der Waals surface area contributed by atoms with Crippen molar-refractivity contribution in [3.05, 3.63) is 71.8 Å². The second-order valence-corrected chi connectivity index (χ2v) is 4.82. The molecule has 0 aliphatic rings. The first-order valence-electron chi connectivity index (χ1n) is 6.91. The molecule has 2 aromatic rings. The molecule has 0 aromatic heterocycles. The van der Waals surface area contributed by atoms with E-state index < -0.39 is 5.79 Å². The van der Waals surface area contributed by atoms with Crippen molar-refractivity contribution in [2.45, 2.75) is 12.2 Å². The number of benzene rings is 2. The number of ether oxygens (including phenoxy) is 2. The summed E-state index contributed by atoms with van der Waals surface area (Å²) in [5.41, 5.74) is 0.953. The first-order valence-corrected chi connectivity index (χ1v) is 6.91. The molecule has 0 saturated heterocycles. The summed E-state index contributed by atoms with van der Waals surface area (Å²) in [4.78, 5) is 25.1. The summed E-state index contributed by atoms with van der Waals surface area (Å²) < 4.78 is 10.6. The average molecular weight is 298 g/mol. The highest BCUT2D eigenvalue weighted by molar-refractivity contribution is 6.06. The zero-order valence-corrected chi connectivity index (χ0v) is 12.6. The van der Waals surface area contributed by atoms with Crippen molar-refractivity contribution in [2.24, 2.45) is 0 Å². The minimum absolute atomic E-state index is 0.183. The van der Waals surface area contributed by atoms with E-state index in [1.807, 2.05) is 12.1 Å². The fraction of sp³-hybridized carbons (Fsp3) is 0.222. The van der Waals surface area contributed by atoms with E-state index in [1.165, 1.54) is 14.2 Å². The van der Waals surface area contributed by atoms with Gasteiger partial charge in [0.1, 0.15) is 0 Å². The molecule has 0 unspecified atom stereocenters. The van der Waals surface area contributed by atoms with E-state index in [9.17, 15) is 9.59 Å². The molecule has 4 nitrogen and oxygen atoms in total. The lowest BCUT2D eigenvalue weighted by molar-refractivity contribution is -0.166. The Morgan fingerprint density at radius 2 is 1.27 bits per heavy atom. The number of ketones is 2. The second kappa shape index (κ2) is 7.11. The fourth-order valence-electron chi connectivity index (χ4n) is 2.24. The maximum atomic E-state index is 12.7. The van der Waals surface area contributed by atoms with Gasteiger partial charge in [0.05, 0.1) is 6.42 Å². The van der Waals surface area contributed by atoms with E-state index >= 15 is 0 Å². The van der Waals surface area contributed by atoms with Gasteiger partial charge in [-0.3, -0.25) is 9.59 Å². The molecule has 0 fully saturated rings. The average Bonchev–Trinajstić information content (AvgIpc) is 2.60. The topological polar surface area (TPSA) is 52.6 Å². The fourth-order valence-corrected chi connectivity index (χ4v) is 2.24. The second-order valence-electron chi connectivity index (χ2n) is 4.82. The van der Waals surface area contributed by atoms with E-state index in [1.54, 1.807) is 48.5 Å². The van der Waals surface area contributed by atoms with Gasteiger partial charge in [0.25, 0.3) is 0 Å². The molecule has 0 spiro atoms. The molecule has 0 saturated carbocycles. The van der Waals surface area contributed by atoms with Crippen LogP contribution in [0, 0.1) is 0 Å². The maximum Gasteiger partial charge on any atom is 0.240 e. The predicted octanol–water partition coefficient (Wildman–Crippen LogP) is 3.13. The third-order valence-corrected chi connectivity index (χ3v) is 3.53. The number of methoxy groups -OCH3 is 2. The molecule has 4 heteroatoms. The quantitative estimate of drug-likeness (QED) is 0.582. The van der Waals surface area contributed by atoms with Gasteiger partial charge in [0.15, 0.2) is 5.78 Å². The molecule has 0 amide bonds. The number of hydrogen-bond acceptors (Lipinski definition) is 4. The predicted molar refractivity (Wildman–Crippen MR) is 82.9 cm³/mol. The largest absolute Gasteiger partial charge is 0.346 e. The monoisotopic (exact) mass is 298 g/mol. The molecule has 0 radical (unpaired) electrons. The summed E-state index contributed by atoms with van der Waals surface area (Å²) in [6, 6.07) is 17.4. The molecular formula is C18H18O4. The summed E-state index contributed by atoms with van der Waals surface area (Å²) >= 11 is 0. The van der Waals surface area contributed by atoms with Gasteiger partial charge >= 0.3 is 0 Å². The summed E-state index contributed by atoms with van der Waals surface area (Å²) in [5, 5.41) is 0. The minimum Gasteiger partial charge on any atom is -0.346 e. The van der Waals surface area contributed by atoms with Crippen LogP contribution in [-0.2, 0) is 9.47 Å². The minimum atomic E-state index is -1.62. The third-order valence-electron chi connectivity index (χ3n) is 3.53. The summed E-state index contributed by atoms with van der Waals surface area (Å²) in [6.07, 6.45) is -0.183. The number of hydrogen-bond donors (Lipinski definition) is 0. The smallest absolute Gasteiger partial charge is 0.240 e. The van der Waals surface area contributed by atoms with E-state index in [4.69, 9.17) is 9.47 Å². The van der Waals surface area contributed by atoms with Crippen LogP contribution in [0.1, 0.15) is 27.1 Å². The Labute approximate surface area is 129 Å². The highest BCUT2D eigenvalue weighted by Crippen LogP contribution is 2.24. The van der Waals surface area contributed by atoms with Gasteiger partial charge in [-0.05, 0) is 0 Å². The highest BCUT2D eigenvalue weighted by atomic mass is 16.7. The molecule has 0 heterocycles. The summed E-state index contributed by atoms with van der Waals surface area (Å²) in [5.74, 6) is -2.20. The van der Waals surface area contributed by atoms with Gasteiger partial charge in [-0.15, -0.1) is 0 Å². The van der Waals surface area contributed by atoms with E-state index in [2.05, 4.69) is 0 Å². The summed E-state index contributed by atoms with van der Waals surface area (Å²) in [6.45, 7) is 0. The lowest BCUT2D eigenvalue weighted by Gasteiger charge is -2.28. The first kappa shape index (κ1) is 16.1. The van der Waals surface area contributed by atoms with Gasteiger partial charge in [-0.1, -0.05) is 60.7 Å². The van der Waals surface area contributed by atoms with Crippen molar-refractivity contribution >= 4 is 11.6 Å². The first-order chi connectivity index (χ1) is 10.6. The van der Waals surface area contributed by atoms with Crippen LogP contribution in [0.4, 0.5) is 0 Å². The molecule has 0 aliphatic carbocycles. The van der Waals surface area contributed by atoms with Gasteiger partial charge in [0.2, 0.25) is 11.6 Å². The molecular weight excluding hydrogens is 280 g/mol. The van der Waals surface area contributed by atoms with Crippen LogP contribution < -0.4 is 0 Å². The van der Waals surface area contributed by atoms with Gasteiger partial charge < -0.3 is 9.47 Å². The zero-order chi connectivity index (χ0) is 16.0. The van der Waals surface area contributed by atoms with E-state index in [0.717, 1.165) is 0 Å². The Bertz CT molecular complexity index is 631. The third kappa shape index (κ3) is 3.30. The molecule has 2 rings (SSSR count). The standard InChI is InChI=1S/C18H18O4/c1-21-18(22-2,17(20)15-11-7-4-8-12-15)13-16(19)14-9-5-3-6-10-14/h3-12H,13H2,1-2H3. The molecule has 0 atom stereocenters. The summed E-state index contributed by atoms with van der Waals surface area (Å²) in [7, 11) is 2.73. The Balaban J connectivity index is 2.29. The van der Waals surface area contributed by atoms with Crippen LogP contribution in [0.3, 0.4) is 0 Å². The van der Waals surface area contributed by atoms with E-state index in [0.29, 0.717) is 11.1 Å². The Hall–Kier alpha value is -2.30. The number of Topliss-reactive ketones (excluding diaryl/α,β-unsaturated/α-hetero) is 2. The van der Waals surface area contributed by atoms with Crippen molar-refractivity contribution in [3.8, 4) is 0 Å². The van der Waals surface area contributed by atoms with Crippen LogP contribution in [0.2, 0.25) is 0 Å². The molecule has 114 valence electrons. The van der Waals surface area contributed by atoms with Crippen molar-refractivity contribution in [2.75, 3.05) is 14.2 Å². The highest BCUT2D eigenvalue weighted by Gasteiger charge is 2.41. The SMILES string of the molecule is COC(CC(=O)c1ccccc1)(OC)C(=O)c1ccccc1. The molecule has 2 aromatic carbocycles. The number of rotatable bonds is 7. The number of carbonyl (C=O) groups excluding carboxylic acids is 2. The Morgan fingerprint density at radius 3 is 1.73 bits per heavy atom. The maximum absolute atomic E-state index is 12.7. The molecule has 22 heavy (non-hydrogen) atoms. The van der Waals surface area contributed by atoms with Crippen molar-refractivity contribution in [1.82, 2.24) is 0 Å². The van der Waals surface area contributed by atoms with Gasteiger partial charge in [-0.25, -0.2) is 0 Å². The van der Waals surface area contributed by atoms with Crippen LogP contribution in [0.5, 0.6) is 0 Å². The van der Waals surface area contributed by atoms with Crippen LogP contribution in [-0.4, -0.2) is 31.6 Å². The zero-order valence-electron chi connectivity index (χ0n) is 12.6. The molecule has 0 bridgehead atoms. The van der Waals surface area contributed by atoms with Gasteiger partial charge in [0, 0.05) is 25.3 Å². The van der Waals surface area contributed by atoms with Crippen molar-refractivity contribution < 1.29 is 19.1 Å². The molecule has 0 aliphatic heterocycles. The normalized spacial score (nSPS) is 11.2. The van der Waals surface area contributed by atoms with Crippen molar-refractivity contribution in [3.63, 3.8) is 0 Å². The Morgan fingerprint density at radius 1 is 0.818 bits per heavy atom. The van der Waals surface area contributed by atoms with Crippen molar-refractivity contribution in [1.29, 1.82) is 0 Å². The van der Waals surface area contributed by atoms with Crippen LogP contribution in [0.25, 0.3) is 0 Å². The Kier molecular flexibility index (Phi) is 5.20. The number of carbonyl (C=O) groups is 2.